The van der Waals surface area contributed by atoms with Gasteiger partial charge in [-0.1, -0.05) is 11.2 Å². The summed E-state index contributed by atoms with van der Waals surface area (Å²) in [6, 6.07) is 8.60. The zero-order valence-electron chi connectivity index (χ0n) is 21.9. The van der Waals surface area contributed by atoms with Crippen molar-refractivity contribution in [2.45, 2.75) is 39.2 Å². The van der Waals surface area contributed by atoms with E-state index >= 15 is 0 Å². The van der Waals surface area contributed by atoms with E-state index in [-0.39, 0.29) is 29.6 Å². The molecule has 0 radical (unpaired) electrons. The zero-order chi connectivity index (χ0) is 28.1. The van der Waals surface area contributed by atoms with E-state index in [2.05, 4.69) is 15.5 Å². The van der Waals surface area contributed by atoms with E-state index in [1.165, 1.54) is 29.4 Å². The maximum atomic E-state index is 14.3. The largest absolute Gasteiger partial charge is 0.361 e. The Morgan fingerprint density at radius 1 is 1.12 bits per heavy atom. The molecule has 0 unspecified atom stereocenters. The number of hydrogen-bond acceptors (Lipinski definition) is 7. The van der Waals surface area contributed by atoms with Gasteiger partial charge in [0.25, 0.3) is 5.91 Å². The van der Waals surface area contributed by atoms with Gasteiger partial charge in [0, 0.05) is 36.2 Å². The standard InChI is InChI=1S/C28H24F2N6O3S/c1-14-25(15(2)39-34-14)16-7-10-22-20(11-16)32-26(36(22)28-33-21(13-40-28)27(38)31-3)23-5-4-6-24(37)35(23)17-8-9-18(29)19(30)12-17/h7-13,23H,4-6H2,1-3H3,(H,31,38)/t23-/m0/s1. The highest BCUT2D eigenvalue weighted by molar-refractivity contribution is 7.12. The Kier molecular flexibility index (Phi) is 6.41. The molecule has 5 aromatic rings. The molecule has 1 aliphatic rings. The molecule has 3 aromatic heterocycles. The van der Waals surface area contributed by atoms with Crippen LogP contribution >= 0.6 is 11.3 Å². The van der Waals surface area contributed by atoms with Gasteiger partial charge in [0.05, 0.1) is 22.8 Å². The first-order chi connectivity index (χ1) is 19.3. The van der Waals surface area contributed by atoms with E-state index in [1.807, 2.05) is 36.6 Å². The van der Waals surface area contributed by atoms with Crippen molar-refractivity contribution in [2.24, 2.45) is 0 Å². The van der Waals surface area contributed by atoms with Crippen LogP contribution in [0.2, 0.25) is 0 Å². The van der Waals surface area contributed by atoms with Crippen LogP contribution < -0.4 is 10.2 Å². The van der Waals surface area contributed by atoms with Gasteiger partial charge in [-0.2, -0.15) is 0 Å². The summed E-state index contributed by atoms with van der Waals surface area (Å²) in [5.74, 6) is -1.40. The van der Waals surface area contributed by atoms with Crippen LogP contribution in [0.3, 0.4) is 0 Å². The van der Waals surface area contributed by atoms with Crippen LogP contribution in [0.15, 0.2) is 46.3 Å². The van der Waals surface area contributed by atoms with E-state index in [1.54, 1.807) is 5.38 Å². The van der Waals surface area contributed by atoms with Crippen molar-refractivity contribution in [3.05, 3.63) is 76.4 Å². The minimum atomic E-state index is -1.04. The molecule has 1 N–H and O–H groups in total. The monoisotopic (exact) mass is 562 g/mol. The molecule has 204 valence electrons. The van der Waals surface area contributed by atoms with Crippen molar-refractivity contribution < 1.29 is 22.9 Å². The Morgan fingerprint density at radius 2 is 1.95 bits per heavy atom. The lowest BCUT2D eigenvalue weighted by molar-refractivity contribution is -0.120. The minimum Gasteiger partial charge on any atom is -0.361 e. The van der Waals surface area contributed by atoms with Crippen LogP contribution in [0.5, 0.6) is 0 Å². The van der Waals surface area contributed by atoms with E-state index in [0.29, 0.717) is 40.6 Å². The summed E-state index contributed by atoms with van der Waals surface area (Å²) in [4.78, 5) is 36.6. The lowest BCUT2D eigenvalue weighted by Gasteiger charge is -2.35. The smallest absolute Gasteiger partial charge is 0.270 e. The van der Waals surface area contributed by atoms with E-state index in [0.717, 1.165) is 29.0 Å². The molecule has 2 amide bonds. The van der Waals surface area contributed by atoms with Crippen molar-refractivity contribution >= 4 is 39.9 Å². The van der Waals surface area contributed by atoms with Crippen LogP contribution in [0, 0.1) is 25.5 Å². The fraction of sp³-hybridized carbons (Fsp3) is 0.250. The first kappa shape index (κ1) is 25.8. The van der Waals surface area contributed by atoms with Crippen molar-refractivity contribution in [1.29, 1.82) is 0 Å². The second-order valence-electron chi connectivity index (χ2n) is 9.57. The first-order valence-electron chi connectivity index (χ1n) is 12.7. The number of carbonyl (C=O) groups is 2. The number of rotatable bonds is 5. The number of halogens is 2. The van der Waals surface area contributed by atoms with E-state index < -0.39 is 17.7 Å². The Labute approximate surface area is 231 Å². The molecule has 1 fully saturated rings. The average Bonchev–Trinajstić information content (AvgIpc) is 3.66. The number of fused-ring (bicyclic) bond motifs is 1. The number of carbonyl (C=O) groups excluding carboxylic acids is 2. The van der Waals surface area contributed by atoms with Crippen LogP contribution in [0.25, 0.3) is 27.3 Å². The number of hydrogen-bond donors (Lipinski definition) is 1. The van der Waals surface area contributed by atoms with Gasteiger partial charge in [-0.05, 0) is 56.5 Å². The van der Waals surface area contributed by atoms with Crippen molar-refractivity contribution in [2.75, 3.05) is 11.9 Å². The molecule has 2 aromatic carbocycles. The quantitative estimate of drug-likeness (QED) is 0.297. The molecule has 1 saturated heterocycles. The number of amides is 2. The number of nitrogens with one attached hydrogen (secondary N) is 1. The third-order valence-corrected chi connectivity index (χ3v) is 7.90. The summed E-state index contributed by atoms with van der Waals surface area (Å²) in [7, 11) is 1.53. The molecule has 0 saturated carbocycles. The number of thiazole rings is 1. The van der Waals surface area contributed by atoms with Gasteiger partial charge >= 0.3 is 0 Å². The third-order valence-electron chi connectivity index (χ3n) is 7.07. The van der Waals surface area contributed by atoms with Gasteiger partial charge in [0.2, 0.25) is 5.91 Å². The molecule has 9 nitrogen and oxygen atoms in total. The molecule has 12 heteroatoms. The summed E-state index contributed by atoms with van der Waals surface area (Å²) >= 11 is 1.27. The van der Waals surface area contributed by atoms with Crippen LogP contribution in [-0.2, 0) is 4.79 Å². The van der Waals surface area contributed by atoms with E-state index in [4.69, 9.17) is 9.51 Å². The molecule has 6 rings (SSSR count). The number of benzene rings is 2. The normalized spacial score (nSPS) is 15.7. The topological polar surface area (TPSA) is 106 Å². The fourth-order valence-corrected chi connectivity index (χ4v) is 6.07. The molecule has 0 spiro atoms. The van der Waals surface area contributed by atoms with Crippen molar-refractivity contribution in [3.8, 4) is 16.3 Å². The molecule has 4 heterocycles. The molecule has 40 heavy (non-hydrogen) atoms. The van der Waals surface area contributed by atoms with Gasteiger partial charge < -0.3 is 14.7 Å². The molecule has 0 bridgehead atoms. The summed E-state index contributed by atoms with van der Waals surface area (Å²) in [6.45, 7) is 3.70. The molecule has 1 atom stereocenters. The van der Waals surface area contributed by atoms with Crippen molar-refractivity contribution in [1.82, 2.24) is 25.0 Å². The Morgan fingerprint density at radius 3 is 2.67 bits per heavy atom. The number of imidazole rings is 1. The average molecular weight is 563 g/mol. The van der Waals surface area contributed by atoms with Gasteiger partial charge in [0.15, 0.2) is 16.8 Å². The zero-order valence-corrected chi connectivity index (χ0v) is 22.7. The number of piperidine rings is 1. The molecular weight excluding hydrogens is 538 g/mol. The van der Waals surface area contributed by atoms with Crippen LogP contribution in [-0.4, -0.2) is 38.6 Å². The Bertz CT molecular complexity index is 1770. The van der Waals surface area contributed by atoms with Gasteiger partial charge in [-0.25, -0.2) is 18.7 Å². The van der Waals surface area contributed by atoms with E-state index in [9.17, 15) is 18.4 Å². The summed E-state index contributed by atoms with van der Waals surface area (Å²) in [6.07, 6.45) is 1.40. The van der Waals surface area contributed by atoms with Crippen LogP contribution in [0.1, 0.15) is 53.1 Å². The second kappa shape index (κ2) is 9.94. The number of nitrogens with zero attached hydrogens (tertiary/aromatic N) is 5. The summed E-state index contributed by atoms with van der Waals surface area (Å²) < 4.78 is 35.2. The summed E-state index contributed by atoms with van der Waals surface area (Å²) in [5, 5.41) is 8.78. The maximum Gasteiger partial charge on any atom is 0.270 e. The number of aromatic nitrogens is 4. The van der Waals surface area contributed by atoms with Gasteiger partial charge in [-0.15, -0.1) is 11.3 Å². The van der Waals surface area contributed by atoms with Gasteiger partial charge in [0.1, 0.15) is 17.3 Å². The highest BCUT2D eigenvalue weighted by Gasteiger charge is 2.35. The number of anilines is 1. The maximum absolute atomic E-state index is 14.3. The van der Waals surface area contributed by atoms with Gasteiger partial charge in [-0.3, -0.25) is 14.2 Å². The SMILES string of the molecule is CNC(=O)c1csc(-n2c([C@@H]3CCCC(=O)N3c3ccc(F)c(F)c3)nc3cc(-c4c(C)noc4C)ccc32)n1. The second-order valence-corrected chi connectivity index (χ2v) is 10.4. The Hall–Kier alpha value is -4.45. The molecule has 0 aliphatic carbocycles. The van der Waals surface area contributed by atoms with Crippen molar-refractivity contribution in [3.63, 3.8) is 0 Å². The summed E-state index contributed by atoms with van der Waals surface area (Å²) in [5.41, 5.74) is 4.31. The number of aryl methyl sites for hydroxylation is 2. The highest BCUT2D eigenvalue weighted by atomic mass is 32.1. The lowest BCUT2D eigenvalue weighted by Crippen LogP contribution is -2.39. The fourth-order valence-electron chi connectivity index (χ4n) is 5.25. The van der Waals surface area contributed by atoms with Crippen LogP contribution in [0.4, 0.5) is 14.5 Å². The minimum absolute atomic E-state index is 0.220. The lowest BCUT2D eigenvalue weighted by atomic mass is 9.99. The highest BCUT2D eigenvalue weighted by Crippen LogP contribution is 2.40. The molecular formula is C28H24F2N6O3S. The predicted octanol–water partition coefficient (Wildman–Crippen LogP) is 5.65. The first-order valence-corrected chi connectivity index (χ1v) is 13.6. The third kappa shape index (κ3) is 4.24. The Balaban J connectivity index is 1.56. The molecule has 1 aliphatic heterocycles. The predicted molar refractivity (Wildman–Crippen MR) is 146 cm³/mol.